The summed E-state index contributed by atoms with van der Waals surface area (Å²) < 4.78 is 0. The van der Waals surface area contributed by atoms with Crippen molar-refractivity contribution >= 4 is 53.2 Å². The molecule has 0 unspecified atom stereocenters. The third-order valence-corrected chi connectivity index (χ3v) is 4.22. The number of carbonyl (C=O) groups is 1. The molecule has 0 rings (SSSR count). The number of rotatable bonds is 8. The van der Waals surface area contributed by atoms with Gasteiger partial charge in [-0.3, -0.25) is 4.79 Å². The quantitative estimate of drug-likeness (QED) is 0.357. The molecule has 0 aromatic heterocycles. The molecule has 0 spiro atoms. The second-order valence-electron chi connectivity index (χ2n) is 2.13. The number of thiol groups is 1. The molecule has 14 heavy (non-hydrogen) atoms. The van der Waals surface area contributed by atoms with Gasteiger partial charge in [-0.25, -0.2) is 0 Å². The first-order chi connectivity index (χ1) is 6.81. The van der Waals surface area contributed by atoms with E-state index >= 15 is 0 Å². The van der Waals surface area contributed by atoms with Crippen LogP contribution in [-0.2, 0) is 0 Å². The van der Waals surface area contributed by atoms with Gasteiger partial charge in [-0.05, 0) is 0 Å². The van der Waals surface area contributed by atoms with Gasteiger partial charge in [-0.15, -0.1) is 11.8 Å². The highest BCUT2D eigenvalue weighted by molar-refractivity contribution is 8.14. The van der Waals surface area contributed by atoms with Crippen LogP contribution in [0.25, 0.3) is 0 Å². The van der Waals surface area contributed by atoms with E-state index in [1.807, 2.05) is 0 Å². The maximum Gasteiger partial charge on any atom is 0.279 e. The van der Waals surface area contributed by atoms with Gasteiger partial charge in [0.15, 0.2) is 0 Å². The fourth-order valence-electron chi connectivity index (χ4n) is 0.567. The van der Waals surface area contributed by atoms with Gasteiger partial charge in [-0.1, -0.05) is 11.8 Å². The molecule has 0 aromatic carbocycles. The molecule has 0 aliphatic carbocycles. The van der Waals surface area contributed by atoms with Crippen LogP contribution in [0.15, 0.2) is 0 Å². The van der Waals surface area contributed by atoms with Gasteiger partial charge in [0.25, 0.3) is 5.24 Å². The number of nitrogens with one attached hydrogen (secondary N) is 1. The lowest BCUT2D eigenvalue weighted by atomic mass is 10.9. The Hall–Kier alpha value is 0.830. The summed E-state index contributed by atoms with van der Waals surface area (Å²) in [6, 6.07) is 0. The summed E-state index contributed by atoms with van der Waals surface area (Å²) in [7, 11) is 0. The second-order valence-corrected chi connectivity index (χ2v) is 6.15. The van der Waals surface area contributed by atoms with E-state index in [-0.39, 0.29) is 11.8 Å². The van der Waals surface area contributed by atoms with E-state index in [0.717, 1.165) is 22.3 Å². The van der Waals surface area contributed by atoms with Crippen molar-refractivity contribution in [2.45, 2.75) is 0 Å². The van der Waals surface area contributed by atoms with E-state index in [1.165, 1.54) is 11.8 Å². The van der Waals surface area contributed by atoms with Crippen LogP contribution in [-0.4, -0.2) is 45.2 Å². The van der Waals surface area contributed by atoms with Crippen LogP contribution in [0, 0.1) is 0 Å². The minimum Gasteiger partial charge on any atom is -0.396 e. The Morgan fingerprint density at radius 3 is 2.71 bits per heavy atom. The Labute approximate surface area is 103 Å². The van der Waals surface area contributed by atoms with Crippen LogP contribution < -0.4 is 5.32 Å². The smallest absolute Gasteiger partial charge is 0.279 e. The van der Waals surface area contributed by atoms with E-state index < -0.39 is 0 Å². The monoisotopic (exact) mass is 273 g/mol. The maximum absolute atomic E-state index is 11.1. The highest BCUT2D eigenvalue weighted by atomic mass is 32.2. The zero-order valence-electron chi connectivity index (χ0n) is 7.77. The molecule has 0 saturated carbocycles. The molecule has 84 valence electrons. The molecule has 0 fully saturated rings. The molecule has 7 heteroatoms. The number of amides is 1. The normalized spacial score (nSPS) is 10.1. The van der Waals surface area contributed by atoms with Crippen molar-refractivity contribution in [3.8, 4) is 0 Å². The van der Waals surface area contributed by atoms with Crippen LogP contribution in [0.2, 0.25) is 0 Å². The third-order valence-electron chi connectivity index (χ3n) is 1.11. The predicted octanol–water partition coefficient (Wildman–Crippen LogP) is 1.73. The van der Waals surface area contributed by atoms with Crippen LogP contribution in [0.4, 0.5) is 4.79 Å². The minimum atomic E-state index is 0.0175. The average molecular weight is 273 g/mol. The van der Waals surface area contributed by atoms with Gasteiger partial charge in [0.2, 0.25) is 0 Å². The van der Waals surface area contributed by atoms with Crippen molar-refractivity contribution < 1.29 is 9.90 Å². The molecule has 0 bridgehead atoms. The zero-order valence-corrected chi connectivity index (χ0v) is 11.1. The first-order valence-corrected chi connectivity index (χ1v) is 8.02. The molecule has 0 saturated heterocycles. The van der Waals surface area contributed by atoms with Gasteiger partial charge in [0.05, 0.1) is 12.5 Å². The predicted molar refractivity (Wildman–Crippen MR) is 71.7 cm³/mol. The van der Waals surface area contributed by atoms with Crippen LogP contribution in [0.3, 0.4) is 0 Å². The lowest BCUT2D eigenvalue weighted by Gasteiger charge is -2.02. The first kappa shape index (κ1) is 14.8. The molecule has 0 atom stereocenters. The number of carbonyl (C=O) groups excluding carboxylic acids is 1. The summed E-state index contributed by atoms with van der Waals surface area (Å²) in [4.78, 5) is 11.1. The summed E-state index contributed by atoms with van der Waals surface area (Å²) >= 11 is 8.52. The van der Waals surface area contributed by atoms with E-state index in [4.69, 9.17) is 5.11 Å². The summed E-state index contributed by atoms with van der Waals surface area (Å²) in [6.07, 6.45) is 0. The number of aliphatic hydroxyl groups excluding tert-OH is 1. The van der Waals surface area contributed by atoms with Gasteiger partial charge in [0, 0.05) is 22.3 Å². The average Bonchev–Trinajstić information content (AvgIpc) is 2.18. The molecule has 0 aromatic rings. The zero-order chi connectivity index (χ0) is 10.6. The molecule has 2 N–H and O–H groups in total. The molecule has 3 nitrogen and oxygen atoms in total. The van der Waals surface area contributed by atoms with Crippen molar-refractivity contribution in [1.29, 1.82) is 0 Å². The SMILES string of the molecule is O=C(NCSCS)SCCSCCO. The lowest BCUT2D eigenvalue weighted by molar-refractivity contribution is 0.262. The Morgan fingerprint density at radius 1 is 1.29 bits per heavy atom. The largest absolute Gasteiger partial charge is 0.396 e. The summed E-state index contributed by atoms with van der Waals surface area (Å²) in [5.41, 5.74) is 0. The minimum absolute atomic E-state index is 0.0175. The first-order valence-electron chi connectivity index (χ1n) is 4.09. The van der Waals surface area contributed by atoms with Gasteiger partial charge < -0.3 is 10.4 Å². The Balaban J connectivity index is 3.10. The van der Waals surface area contributed by atoms with Crippen LogP contribution in [0.1, 0.15) is 0 Å². The second kappa shape index (κ2) is 11.9. The van der Waals surface area contributed by atoms with Crippen molar-refractivity contribution in [2.75, 3.05) is 34.8 Å². The van der Waals surface area contributed by atoms with Crippen molar-refractivity contribution in [3.63, 3.8) is 0 Å². The van der Waals surface area contributed by atoms with E-state index in [0.29, 0.717) is 5.88 Å². The summed E-state index contributed by atoms with van der Waals surface area (Å²) in [6.45, 7) is 0.208. The highest BCUT2D eigenvalue weighted by Crippen LogP contribution is 2.08. The molecule has 0 radical (unpaired) electrons. The number of hydrogen-bond acceptors (Lipinski definition) is 6. The van der Waals surface area contributed by atoms with Crippen molar-refractivity contribution in [1.82, 2.24) is 5.32 Å². The number of thioether (sulfide) groups is 3. The van der Waals surface area contributed by atoms with E-state index in [1.54, 1.807) is 23.5 Å². The Bertz CT molecular complexity index is 148. The standard InChI is InChI=1S/C7H15NO2S4/c9-1-2-12-3-4-14-7(10)8-5-13-6-11/h9,11H,1-6H2,(H,8,10). The number of aliphatic hydroxyl groups is 1. The fraction of sp³-hybridized carbons (Fsp3) is 0.857. The third kappa shape index (κ3) is 10.9. The van der Waals surface area contributed by atoms with Crippen LogP contribution >= 0.6 is 47.9 Å². The van der Waals surface area contributed by atoms with E-state index in [9.17, 15) is 4.79 Å². The molecular formula is C7H15NO2S4. The lowest BCUT2D eigenvalue weighted by Crippen LogP contribution is -2.18. The molecule has 1 amide bonds. The molecular weight excluding hydrogens is 258 g/mol. The fourth-order valence-corrected chi connectivity index (χ4v) is 2.75. The molecule has 0 heterocycles. The Morgan fingerprint density at radius 2 is 2.07 bits per heavy atom. The molecule has 0 aliphatic rings. The summed E-state index contributed by atoms with van der Waals surface area (Å²) in [5.74, 6) is 3.07. The Kier molecular flexibility index (Phi) is 12.6. The molecule has 0 aliphatic heterocycles. The van der Waals surface area contributed by atoms with Gasteiger partial charge in [0.1, 0.15) is 0 Å². The van der Waals surface area contributed by atoms with E-state index in [2.05, 4.69) is 17.9 Å². The topological polar surface area (TPSA) is 49.3 Å². The maximum atomic E-state index is 11.1. The van der Waals surface area contributed by atoms with Crippen LogP contribution in [0.5, 0.6) is 0 Å². The van der Waals surface area contributed by atoms with Gasteiger partial charge in [-0.2, -0.15) is 24.4 Å². The van der Waals surface area contributed by atoms with Crippen molar-refractivity contribution in [3.05, 3.63) is 0 Å². The van der Waals surface area contributed by atoms with Gasteiger partial charge >= 0.3 is 0 Å². The highest BCUT2D eigenvalue weighted by Gasteiger charge is 2.00. The number of hydrogen-bond donors (Lipinski definition) is 3. The summed E-state index contributed by atoms with van der Waals surface area (Å²) in [5, 5.41) is 12.0. The van der Waals surface area contributed by atoms with Crippen molar-refractivity contribution in [2.24, 2.45) is 0 Å².